The summed E-state index contributed by atoms with van der Waals surface area (Å²) in [5.41, 5.74) is -1.66. The average molecular weight is 266 g/mol. The summed E-state index contributed by atoms with van der Waals surface area (Å²) < 4.78 is 30.0. The molecule has 0 saturated carbocycles. The van der Waals surface area contributed by atoms with E-state index in [9.17, 15) is 14.2 Å². The zero-order valence-corrected chi connectivity index (χ0v) is 10.7. The zero-order chi connectivity index (χ0) is 12.9. The van der Waals surface area contributed by atoms with Gasteiger partial charge in [0.25, 0.3) is 0 Å². The van der Waals surface area contributed by atoms with Crippen LogP contribution in [0.4, 0.5) is 0 Å². The first kappa shape index (κ1) is 14.2. The van der Waals surface area contributed by atoms with Gasteiger partial charge in [0, 0.05) is 0 Å². The molecule has 0 bridgehead atoms. The van der Waals surface area contributed by atoms with Gasteiger partial charge in [-0.2, -0.15) is 0 Å². The molecule has 1 aliphatic rings. The van der Waals surface area contributed by atoms with Gasteiger partial charge in [-0.05, 0) is 13.8 Å². The highest BCUT2D eigenvalue weighted by atomic mass is 31.1. The smallest absolute Gasteiger partial charge is 0.328 e. The molecule has 1 aliphatic heterocycles. The summed E-state index contributed by atoms with van der Waals surface area (Å²) in [5.74, 6) is -1.57. The van der Waals surface area contributed by atoms with E-state index in [1.807, 2.05) is 0 Å². The van der Waals surface area contributed by atoms with Gasteiger partial charge in [-0.1, -0.05) is 0 Å². The van der Waals surface area contributed by atoms with Crippen molar-refractivity contribution in [2.24, 2.45) is 5.41 Å². The summed E-state index contributed by atoms with van der Waals surface area (Å²) in [6.45, 7) is 2.78. The van der Waals surface area contributed by atoms with Crippen molar-refractivity contribution in [3.63, 3.8) is 0 Å². The molecule has 0 amide bonds. The second-order valence-electron chi connectivity index (χ2n) is 3.35. The predicted molar refractivity (Wildman–Crippen MR) is 56.6 cm³/mol. The highest BCUT2D eigenvalue weighted by Gasteiger charge is 2.52. The molecule has 0 aromatic rings. The van der Waals surface area contributed by atoms with Crippen LogP contribution in [-0.2, 0) is 32.7 Å². The van der Waals surface area contributed by atoms with Crippen LogP contribution in [0.1, 0.15) is 13.8 Å². The molecule has 1 heterocycles. The normalized spacial score (nSPS) is 19.6. The molecule has 0 aliphatic carbocycles. The number of rotatable bonds is 4. The van der Waals surface area contributed by atoms with Crippen LogP contribution in [0.15, 0.2) is 0 Å². The maximum Gasteiger partial charge on any atom is 0.328 e. The van der Waals surface area contributed by atoms with Crippen molar-refractivity contribution in [1.29, 1.82) is 0 Å². The largest absolute Gasteiger partial charge is 0.465 e. The topological polar surface area (TPSA) is 88.1 Å². The Morgan fingerprint density at radius 2 is 1.53 bits per heavy atom. The summed E-state index contributed by atoms with van der Waals surface area (Å²) in [5, 5.41) is 0. The first-order chi connectivity index (χ1) is 8.06. The third-order valence-corrected chi connectivity index (χ3v) is 2.97. The summed E-state index contributed by atoms with van der Waals surface area (Å²) in [6, 6.07) is 0. The minimum Gasteiger partial charge on any atom is -0.465 e. The molecule has 0 radical (unpaired) electrons. The van der Waals surface area contributed by atoms with E-state index in [2.05, 4.69) is 0 Å². The van der Waals surface area contributed by atoms with Crippen molar-refractivity contribution in [1.82, 2.24) is 0 Å². The molecule has 0 spiro atoms. The second-order valence-corrected chi connectivity index (χ2v) is 4.43. The van der Waals surface area contributed by atoms with Crippen LogP contribution in [0.5, 0.6) is 0 Å². The van der Waals surface area contributed by atoms with Crippen LogP contribution in [0.2, 0.25) is 0 Å². The van der Waals surface area contributed by atoms with E-state index in [0.717, 1.165) is 0 Å². The standard InChI is InChI=1S/C9H15O7P/c1-3-13-7(10)9(8(11)14-4-2)5-15-17(12)16-6-9/h17H,3-6H2,1-2H3. The highest BCUT2D eigenvalue weighted by Crippen LogP contribution is 2.38. The SMILES string of the molecule is CCOC(=O)C1(C(=O)OCC)CO[PH](=O)OC1. The average Bonchev–Trinajstić information content (AvgIpc) is 2.31. The lowest BCUT2D eigenvalue weighted by Gasteiger charge is -2.31. The van der Waals surface area contributed by atoms with Crippen molar-refractivity contribution in [2.75, 3.05) is 26.4 Å². The summed E-state index contributed by atoms with van der Waals surface area (Å²) in [6.07, 6.45) is 0. The second kappa shape index (κ2) is 6.14. The minimum atomic E-state index is -2.62. The Morgan fingerprint density at radius 3 is 1.88 bits per heavy atom. The quantitative estimate of drug-likeness (QED) is 0.416. The third kappa shape index (κ3) is 3.06. The Labute approximate surface area is 99.3 Å². The van der Waals surface area contributed by atoms with Gasteiger partial charge in [-0.25, -0.2) is 0 Å². The molecular weight excluding hydrogens is 251 g/mol. The maximum absolute atomic E-state index is 11.8. The fourth-order valence-corrected chi connectivity index (χ4v) is 2.12. The molecule has 0 N–H and O–H groups in total. The van der Waals surface area contributed by atoms with Gasteiger partial charge in [0.1, 0.15) is 0 Å². The van der Waals surface area contributed by atoms with Gasteiger partial charge in [0.2, 0.25) is 5.41 Å². The van der Waals surface area contributed by atoms with Gasteiger partial charge in [0.05, 0.1) is 26.4 Å². The van der Waals surface area contributed by atoms with Crippen LogP contribution in [0.25, 0.3) is 0 Å². The molecule has 98 valence electrons. The number of hydrogen-bond acceptors (Lipinski definition) is 7. The van der Waals surface area contributed by atoms with Crippen LogP contribution in [-0.4, -0.2) is 38.4 Å². The van der Waals surface area contributed by atoms with Crippen molar-refractivity contribution in [3.05, 3.63) is 0 Å². The third-order valence-electron chi connectivity index (χ3n) is 2.21. The van der Waals surface area contributed by atoms with Crippen molar-refractivity contribution < 1.29 is 32.7 Å². The Balaban J connectivity index is 2.88. The lowest BCUT2D eigenvalue weighted by molar-refractivity contribution is -0.179. The fraction of sp³-hybridized carbons (Fsp3) is 0.778. The molecule has 8 heteroatoms. The Kier molecular flexibility index (Phi) is 5.11. The molecule has 1 fully saturated rings. The lowest BCUT2D eigenvalue weighted by Crippen LogP contribution is -2.50. The number of hydrogen-bond donors (Lipinski definition) is 0. The van der Waals surface area contributed by atoms with Crippen molar-refractivity contribution >= 4 is 20.2 Å². The molecule has 0 unspecified atom stereocenters. The maximum atomic E-state index is 11.8. The number of ether oxygens (including phenoxy) is 2. The molecule has 7 nitrogen and oxygen atoms in total. The molecule has 1 saturated heterocycles. The monoisotopic (exact) mass is 266 g/mol. The lowest BCUT2D eigenvalue weighted by atomic mass is 9.90. The van der Waals surface area contributed by atoms with E-state index in [1.54, 1.807) is 13.8 Å². The molecule has 17 heavy (non-hydrogen) atoms. The zero-order valence-electron chi connectivity index (χ0n) is 9.69. The predicted octanol–water partition coefficient (Wildman–Crippen LogP) is 0.535. The van der Waals surface area contributed by atoms with Gasteiger partial charge in [-0.3, -0.25) is 14.2 Å². The number of esters is 2. The molecule has 1 rings (SSSR count). The first-order valence-corrected chi connectivity index (χ1v) is 6.43. The summed E-state index contributed by atoms with van der Waals surface area (Å²) in [4.78, 5) is 23.5. The van der Waals surface area contributed by atoms with Gasteiger partial charge in [-0.15, -0.1) is 0 Å². The summed E-state index contributed by atoms with van der Waals surface area (Å²) in [7, 11) is -2.62. The first-order valence-electron chi connectivity index (χ1n) is 5.20. The van der Waals surface area contributed by atoms with Gasteiger partial charge >= 0.3 is 20.2 Å². The van der Waals surface area contributed by atoms with E-state index >= 15 is 0 Å². The van der Waals surface area contributed by atoms with Crippen LogP contribution < -0.4 is 0 Å². The molecule has 0 atom stereocenters. The Morgan fingerprint density at radius 1 is 1.12 bits per heavy atom. The van der Waals surface area contributed by atoms with E-state index in [4.69, 9.17) is 18.5 Å². The van der Waals surface area contributed by atoms with E-state index < -0.39 is 25.6 Å². The van der Waals surface area contributed by atoms with Crippen LogP contribution in [0, 0.1) is 5.41 Å². The molecule has 0 aromatic heterocycles. The van der Waals surface area contributed by atoms with Crippen molar-refractivity contribution in [3.8, 4) is 0 Å². The van der Waals surface area contributed by atoms with Crippen LogP contribution in [0.3, 0.4) is 0 Å². The Bertz CT molecular complexity index is 297. The Hall–Kier alpha value is -0.910. The van der Waals surface area contributed by atoms with Gasteiger partial charge < -0.3 is 18.5 Å². The van der Waals surface area contributed by atoms with E-state index in [1.165, 1.54) is 0 Å². The van der Waals surface area contributed by atoms with E-state index in [-0.39, 0.29) is 26.4 Å². The number of carbonyl (C=O) groups excluding carboxylic acids is 2. The summed E-state index contributed by atoms with van der Waals surface area (Å²) >= 11 is 0. The van der Waals surface area contributed by atoms with Crippen LogP contribution >= 0.6 is 8.25 Å². The number of carbonyl (C=O) groups is 2. The fourth-order valence-electron chi connectivity index (χ4n) is 1.31. The van der Waals surface area contributed by atoms with Crippen molar-refractivity contribution in [2.45, 2.75) is 13.8 Å². The highest BCUT2D eigenvalue weighted by molar-refractivity contribution is 7.33. The van der Waals surface area contributed by atoms with Gasteiger partial charge in [0.15, 0.2) is 0 Å². The minimum absolute atomic E-state index is 0.120. The van der Waals surface area contributed by atoms with E-state index in [0.29, 0.717) is 0 Å². The molecular formula is C9H15O7P. The molecule has 0 aromatic carbocycles.